The lowest BCUT2D eigenvalue weighted by Crippen LogP contribution is -2.40. The van der Waals surface area contributed by atoms with Crippen LogP contribution in [-0.4, -0.2) is 23.2 Å². The Morgan fingerprint density at radius 1 is 1.53 bits per heavy atom. The largest absolute Gasteiger partial charge is 0.398 e. The molecule has 1 amide bonds. The summed E-state index contributed by atoms with van der Waals surface area (Å²) >= 11 is 0. The van der Waals surface area contributed by atoms with Crippen LogP contribution < -0.4 is 11.1 Å². The van der Waals surface area contributed by atoms with Crippen molar-refractivity contribution in [2.24, 2.45) is 0 Å². The molecule has 0 bridgehead atoms. The van der Waals surface area contributed by atoms with Gasteiger partial charge in [0.1, 0.15) is 0 Å². The van der Waals surface area contributed by atoms with E-state index in [2.05, 4.69) is 5.32 Å². The van der Waals surface area contributed by atoms with Crippen LogP contribution in [0, 0.1) is 6.92 Å². The average molecular weight is 236 g/mol. The van der Waals surface area contributed by atoms with Crippen LogP contribution in [0.2, 0.25) is 0 Å². The van der Waals surface area contributed by atoms with Gasteiger partial charge in [0.25, 0.3) is 5.91 Å². The van der Waals surface area contributed by atoms with Crippen molar-refractivity contribution in [1.82, 2.24) is 5.32 Å². The summed E-state index contributed by atoms with van der Waals surface area (Å²) in [5.74, 6) is -0.205. The molecule has 4 N–H and O–H groups in total. The molecule has 0 fully saturated rings. The SMILES string of the molecule is CCC(C)(O)CNC(=O)c1cccc(N)c1C. The van der Waals surface area contributed by atoms with E-state index in [-0.39, 0.29) is 12.5 Å². The third kappa shape index (κ3) is 3.46. The van der Waals surface area contributed by atoms with Crippen LogP contribution in [0.4, 0.5) is 5.69 Å². The summed E-state index contributed by atoms with van der Waals surface area (Å²) in [6.07, 6.45) is 0.586. The molecular weight excluding hydrogens is 216 g/mol. The second-order valence-electron chi connectivity index (χ2n) is 4.55. The van der Waals surface area contributed by atoms with Crippen molar-refractivity contribution < 1.29 is 9.90 Å². The maximum atomic E-state index is 11.9. The van der Waals surface area contributed by atoms with Gasteiger partial charge in [0, 0.05) is 17.8 Å². The lowest BCUT2D eigenvalue weighted by molar-refractivity contribution is 0.0518. The predicted octanol–water partition coefficient (Wildman–Crippen LogP) is 1.47. The Morgan fingerprint density at radius 3 is 2.76 bits per heavy atom. The molecule has 94 valence electrons. The lowest BCUT2D eigenvalue weighted by Gasteiger charge is -2.21. The number of nitrogens with two attached hydrogens (primary N) is 1. The van der Waals surface area contributed by atoms with Crippen molar-refractivity contribution in [1.29, 1.82) is 0 Å². The Bertz CT molecular complexity index is 414. The number of nitrogen functional groups attached to an aromatic ring is 1. The van der Waals surface area contributed by atoms with Gasteiger partial charge in [-0.15, -0.1) is 0 Å². The number of carbonyl (C=O) groups is 1. The molecular formula is C13H20N2O2. The molecule has 17 heavy (non-hydrogen) atoms. The van der Waals surface area contributed by atoms with Crippen molar-refractivity contribution in [3.8, 4) is 0 Å². The number of aliphatic hydroxyl groups is 1. The summed E-state index contributed by atoms with van der Waals surface area (Å²) in [7, 11) is 0. The number of nitrogens with one attached hydrogen (secondary N) is 1. The zero-order valence-electron chi connectivity index (χ0n) is 10.6. The van der Waals surface area contributed by atoms with Gasteiger partial charge in [-0.25, -0.2) is 0 Å². The standard InChI is InChI=1S/C13H20N2O2/c1-4-13(3,17)8-15-12(16)10-6-5-7-11(14)9(10)2/h5-7,17H,4,8,14H2,1-3H3,(H,15,16). The Labute approximate surface area is 102 Å². The molecule has 0 aliphatic carbocycles. The average Bonchev–Trinajstić information content (AvgIpc) is 2.30. The molecule has 1 aromatic carbocycles. The second kappa shape index (κ2) is 5.19. The first-order chi connectivity index (χ1) is 7.87. The van der Waals surface area contributed by atoms with Crippen LogP contribution >= 0.6 is 0 Å². The summed E-state index contributed by atoms with van der Waals surface area (Å²) in [5.41, 5.74) is 6.78. The minimum atomic E-state index is -0.871. The van der Waals surface area contributed by atoms with Gasteiger partial charge in [0.15, 0.2) is 0 Å². The highest BCUT2D eigenvalue weighted by atomic mass is 16.3. The predicted molar refractivity (Wildman–Crippen MR) is 68.8 cm³/mol. The fourth-order valence-electron chi connectivity index (χ4n) is 1.39. The molecule has 1 unspecified atom stereocenters. The van der Waals surface area contributed by atoms with Crippen molar-refractivity contribution in [2.75, 3.05) is 12.3 Å². The van der Waals surface area contributed by atoms with E-state index in [0.717, 1.165) is 5.56 Å². The third-order valence-corrected chi connectivity index (χ3v) is 3.01. The third-order valence-electron chi connectivity index (χ3n) is 3.01. The number of hydrogen-bond acceptors (Lipinski definition) is 3. The zero-order valence-corrected chi connectivity index (χ0v) is 10.6. The van der Waals surface area contributed by atoms with E-state index >= 15 is 0 Å². The summed E-state index contributed by atoms with van der Waals surface area (Å²) in [6.45, 7) is 5.61. The van der Waals surface area contributed by atoms with Gasteiger partial charge in [-0.1, -0.05) is 13.0 Å². The first kappa shape index (κ1) is 13.5. The highest BCUT2D eigenvalue weighted by Crippen LogP contribution is 2.15. The topological polar surface area (TPSA) is 75.3 Å². The van der Waals surface area contributed by atoms with Crippen LogP contribution in [0.3, 0.4) is 0 Å². The number of amides is 1. The van der Waals surface area contributed by atoms with Crippen LogP contribution in [-0.2, 0) is 0 Å². The monoisotopic (exact) mass is 236 g/mol. The Morgan fingerprint density at radius 2 is 2.18 bits per heavy atom. The van der Waals surface area contributed by atoms with E-state index in [4.69, 9.17) is 5.73 Å². The molecule has 0 aliphatic heterocycles. The van der Waals surface area contributed by atoms with Crippen molar-refractivity contribution in [3.63, 3.8) is 0 Å². The van der Waals surface area contributed by atoms with E-state index in [0.29, 0.717) is 17.7 Å². The molecule has 0 heterocycles. The van der Waals surface area contributed by atoms with Gasteiger partial charge < -0.3 is 16.2 Å². The van der Waals surface area contributed by atoms with Crippen LogP contribution in [0.5, 0.6) is 0 Å². The van der Waals surface area contributed by atoms with Crippen LogP contribution in [0.1, 0.15) is 36.2 Å². The number of benzene rings is 1. The molecule has 0 aromatic heterocycles. The van der Waals surface area contributed by atoms with Gasteiger partial charge >= 0.3 is 0 Å². The minimum Gasteiger partial charge on any atom is -0.398 e. The van der Waals surface area contributed by atoms with Crippen LogP contribution in [0.15, 0.2) is 18.2 Å². The lowest BCUT2D eigenvalue weighted by atomic mass is 10.0. The molecule has 4 nitrogen and oxygen atoms in total. The highest BCUT2D eigenvalue weighted by Gasteiger charge is 2.19. The number of carbonyl (C=O) groups excluding carboxylic acids is 1. The van der Waals surface area contributed by atoms with Gasteiger partial charge in [-0.3, -0.25) is 4.79 Å². The fraction of sp³-hybridized carbons (Fsp3) is 0.462. The highest BCUT2D eigenvalue weighted by molar-refractivity contribution is 5.96. The first-order valence-corrected chi connectivity index (χ1v) is 5.73. The Hall–Kier alpha value is -1.55. The molecule has 4 heteroatoms. The summed E-state index contributed by atoms with van der Waals surface area (Å²) in [6, 6.07) is 5.23. The van der Waals surface area contributed by atoms with E-state index in [9.17, 15) is 9.90 Å². The zero-order chi connectivity index (χ0) is 13.1. The molecule has 0 saturated carbocycles. The van der Waals surface area contributed by atoms with Crippen LogP contribution in [0.25, 0.3) is 0 Å². The summed E-state index contributed by atoms with van der Waals surface area (Å²) in [4.78, 5) is 11.9. The number of rotatable bonds is 4. The Kier molecular flexibility index (Phi) is 4.12. The van der Waals surface area contributed by atoms with Gasteiger partial charge in [0.05, 0.1) is 5.60 Å². The number of anilines is 1. The Balaban J connectivity index is 2.74. The van der Waals surface area contributed by atoms with E-state index in [1.165, 1.54) is 0 Å². The van der Waals surface area contributed by atoms with E-state index in [1.807, 2.05) is 13.8 Å². The normalized spacial score (nSPS) is 14.1. The van der Waals surface area contributed by atoms with E-state index in [1.54, 1.807) is 25.1 Å². The molecule has 1 atom stereocenters. The molecule has 0 aliphatic rings. The minimum absolute atomic E-state index is 0.205. The first-order valence-electron chi connectivity index (χ1n) is 5.73. The second-order valence-corrected chi connectivity index (χ2v) is 4.55. The van der Waals surface area contributed by atoms with Gasteiger partial charge in [0.2, 0.25) is 0 Å². The van der Waals surface area contributed by atoms with E-state index < -0.39 is 5.60 Å². The fourth-order valence-corrected chi connectivity index (χ4v) is 1.39. The quantitative estimate of drug-likeness (QED) is 0.693. The maximum Gasteiger partial charge on any atom is 0.251 e. The molecule has 1 rings (SSSR count). The molecule has 1 aromatic rings. The molecule has 0 spiro atoms. The van der Waals surface area contributed by atoms with Gasteiger partial charge in [-0.05, 0) is 38.0 Å². The number of hydrogen-bond donors (Lipinski definition) is 3. The maximum absolute atomic E-state index is 11.9. The smallest absolute Gasteiger partial charge is 0.251 e. The summed E-state index contributed by atoms with van der Waals surface area (Å²) < 4.78 is 0. The molecule has 0 saturated heterocycles. The van der Waals surface area contributed by atoms with Crippen molar-refractivity contribution >= 4 is 11.6 Å². The summed E-state index contributed by atoms with van der Waals surface area (Å²) in [5, 5.41) is 12.5. The van der Waals surface area contributed by atoms with Crippen molar-refractivity contribution in [2.45, 2.75) is 32.8 Å². The molecule has 0 radical (unpaired) electrons. The van der Waals surface area contributed by atoms with Crippen molar-refractivity contribution in [3.05, 3.63) is 29.3 Å². The van der Waals surface area contributed by atoms with Gasteiger partial charge in [-0.2, -0.15) is 0 Å².